The third-order valence-electron chi connectivity index (χ3n) is 4.39. The van der Waals surface area contributed by atoms with E-state index in [1.54, 1.807) is 0 Å². The number of hydrogen-bond donors (Lipinski definition) is 2. The molecule has 0 amide bonds. The van der Waals surface area contributed by atoms with E-state index in [9.17, 15) is 5.11 Å². The molecule has 0 heterocycles. The van der Waals surface area contributed by atoms with Gasteiger partial charge in [-0.15, -0.1) is 12.4 Å². The largest absolute Gasteiger partial charge is 0.391 e. The molecule has 2 nitrogen and oxygen atoms in total. The van der Waals surface area contributed by atoms with Crippen LogP contribution in [0.15, 0.2) is 0 Å². The zero-order valence-corrected chi connectivity index (χ0v) is 13.8. The zero-order chi connectivity index (χ0) is 14.0. The Bertz CT molecular complexity index is 414. The summed E-state index contributed by atoms with van der Waals surface area (Å²) in [6.07, 6.45) is 1.26. The molecule has 110 valence electrons. The molecule has 0 aliphatic rings. The molecule has 1 rings (SSSR count). The Hall–Kier alpha value is -0.570. The van der Waals surface area contributed by atoms with Crippen LogP contribution in [-0.2, 0) is 0 Å². The number of halogens is 1. The minimum atomic E-state index is -0.450. The number of aliphatic hydroxyl groups excluding tert-OH is 1. The first kappa shape index (κ1) is 18.4. The van der Waals surface area contributed by atoms with Crippen molar-refractivity contribution in [3.63, 3.8) is 0 Å². The van der Waals surface area contributed by atoms with Crippen LogP contribution in [0.1, 0.15) is 59.2 Å². The highest BCUT2D eigenvalue weighted by atomic mass is 35.5. The van der Waals surface area contributed by atoms with E-state index in [1.807, 2.05) is 0 Å². The van der Waals surface area contributed by atoms with Crippen LogP contribution in [0.3, 0.4) is 0 Å². The average Bonchev–Trinajstić information content (AvgIpc) is 2.34. The van der Waals surface area contributed by atoms with Gasteiger partial charge in [0.15, 0.2) is 0 Å². The molecular weight excluding hydrogens is 258 g/mol. The van der Waals surface area contributed by atoms with Gasteiger partial charge in [-0.25, -0.2) is 0 Å². The van der Waals surface area contributed by atoms with E-state index in [4.69, 9.17) is 5.73 Å². The summed E-state index contributed by atoms with van der Waals surface area (Å²) in [5.41, 5.74) is 13.8. The molecule has 0 aliphatic heterocycles. The van der Waals surface area contributed by atoms with Gasteiger partial charge < -0.3 is 10.8 Å². The number of benzene rings is 1. The Balaban J connectivity index is 0.00000324. The molecule has 0 aliphatic carbocycles. The highest BCUT2D eigenvalue weighted by molar-refractivity contribution is 5.85. The first-order valence-electron chi connectivity index (χ1n) is 6.83. The molecule has 0 bridgehead atoms. The lowest BCUT2D eigenvalue weighted by molar-refractivity contribution is 0.134. The minimum absolute atomic E-state index is 0. The van der Waals surface area contributed by atoms with Crippen molar-refractivity contribution < 1.29 is 5.11 Å². The minimum Gasteiger partial charge on any atom is -0.391 e. The molecular formula is C16H28ClNO. The SMILES string of the molecule is CCC[C@@H](O)[C@@H](N)c1c(C)c(C)c(C)c(C)c1C.Cl. The number of hydrogen-bond acceptors (Lipinski definition) is 2. The summed E-state index contributed by atoms with van der Waals surface area (Å²) >= 11 is 0. The van der Waals surface area contributed by atoms with Gasteiger partial charge in [0.05, 0.1) is 12.1 Å². The van der Waals surface area contributed by atoms with Crippen molar-refractivity contribution in [2.45, 2.75) is 66.5 Å². The molecule has 1 aromatic carbocycles. The van der Waals surface area contributed by atoms with Crippen LogP contribution in [0.25, 0.3) is 0 Å². The smallest absolute Gasteiger partial charge is 0.0732 e. The molecule has 0 saturated heterocycles. The highest BCUT2D eigenvalue weighted by Gasteiger charge is 2.22. The second-order valence-electron chi connectivity index (χ2n) is 5.42. The molecule has 3 N–H and O–H groups in total. The lowest BCUT2D eigenvalue weighted by atomic mass is 9.84. The first-order chi connectivity index (χ1) is 8.32. The van der Waals surface area contributed by atoms with Crippen molar-refractivity contribution in [3.8, 4) is 0 Å². The number of aliphatic hydroxyl groups is 1. The Kier molecular flexibility index (Phi) is 7.06. The van der Waals surface area contributed by atoms with Crippen LogP contribution in [0.5, 0.6) is 0 Å². The standard InChI is InChI=1S/C16H27NO.ClH/c1-7-8-14(18)16(17)15-12(5)10(3)9(2)11(4)13(15)6;/h14,16,18H,7-8,17H2,1-6H3;1H/t14-,16-;/m1./s1. The van der Waals surface area contributed by atoms with Crippen molar-refractivity contribution in [3.05, 3.63) is 33.4 Å². The summed E-state index contributed by atoms with van der Waals surface area (Å²) in [5.74, 6) is 0. The van der Waals surface area contributed by atoms with Crippen molar-refractivity contribution in [2.75, 3.05) is 0 Å². The Morgan fingerprint density at radius 1 is 0.895 bits per heavy atom. The quantitative estimate of drug-likeness (QED) is 0.884. The third-order valence-corrected chi connectivity index (χ3v) is 4.39. The molecule has 0 saturated carbocycles. The summed E-state index contributed by atoms with van der Waals surface area (Å²) < 4.78 is 0. The second-order valence-corrected chi connectivity index (χ2v) is 5.42. The van der Waals surface area contributed by atoms with Crippen LogP contribution < -0.4 is 5.73 Å². The average molecular weight is 286 g/mol. The van der Waals surface area contributed by atoms with Crippen LogP contribution in [0.2, 0.25) is 0 Å². The van der Waals surface area contributed by atoms with Crippen LogP contribution in [-0.4, -0.2) is 11.2 Å². The van der Waals surface area contributed by atoms with E-state index in [2.05, 4.69) is 41.5 Å². The Labute approximate surface area is 123 Å². The summed E-state index contributed by atoms with van der Waals surface area (Å²) in [4.78, 5) is 0. The van der Waals surface area contributed by atoms with E-state index in [0.717, 1.165) is 18.4 Å². The van der Waals surface area contributed by atoms with Crippen LogP contribution >= 0.6 is 12.4 Å². The number of nitrogens with two attached hydrogens (primary N) is 1. The van der Waals surface area contributed by atoms with Gasteiger partial charge >= 0.3 is 0 Å². The van der Waals surface area contributed by atoms with Crippen molar-refractivity contribution in [1.82, 2.24) is 0 Å². The second kappa shape index (κ2) is 7.28. The van der Waals surface area contributed by atoms with Gasteiger partial charge in [0.25, 0.3) is 0 Å². The fourth-order valence-electron chi connectivity index (χ4n) is 2.70. The topological polar surface area (TPSA) is 46.2 Å². The van der Waals surface area contributed by atoms with E-state index < -0.39 is 6.10 Å². The van der Waals surface area contributed by atoms with Gasteiger partial charge in [-0.3, -0.25) is 0 Å². The van der Waals surface area contributed by atoms with Crippen molar-refractivity contribution >= 4 is 12.4 Å². The maximum absolute atomic E-state index is 10.1. The molecule has 1 aromatic rings. The van der Waals surface area contributed by atoms with Crippen molar-refractivity contribution in [2.24, 2.45) is 5.73 Å². The summed E-state index contributed by atoms with van der Waals surface area (Å²) in [6, 6.07) is -0.275. The first-order valence-corrected chi connectivity index (χ1v) is 6.83. The maximum Gasteiger partial charge on any atom is 0.0732 e. The lowest BCUT2D eigenvalue weighted by Gasteiger charge is -2.26. The van der Waals surface area contributed by atoms with Crippen molar-refractivity contribution in [1.29, 1.82) is 0 Å². The normalized spacial score (nSPS) is 13.9. The summed E-state index contributed by atoms with van der Waals surface area (Å²) in [6.45, 7) is 12.7. The highest BCUT2D eigenvalue weighted by Crippen LogP contribution is 2.31. The van der Waals surface area contributed by atoms with E-state index in [-0.39, 0.29) is 18.4 Å². The summed E-state index contributed by atoms with van der Waals surface area (Å²) in [5, 5.41) is 10.1. The van der Waals surface area contributed by atoms with E-state index in [0.29, 0.717) is 0 Å². The summed E-state index contributed by atoms with van der Waals surface area (Å²) in [7, 11) is 0. The van der Waals surface area contributed by atoms with Gasteiger partial charge in [0.2, 0.25) is 0 Å². The van der Waals surface area contributed by atoms with Crippen LogP contribution in [0.4, 0.5) is 0 Å². The predicted molar refractivity (Wildman–Crippen MR) is 85.2 cm³/mol. The van der Waals surface area contributed by atoms with Gasteiger partial charge in [-0.1, -0.05) is 13.3 Å². The zero-order valence-electron chi connectivity index (χ0n) is 13.0. The van der Waals surface area contributed by atoms with Gasteiger partial charge in [0.1, 0.15) is 0 Å². The monoisotopic (exact) mass is 285 g/mol. The lowest BCUT2D eigenvalue weighted by Crippen LogP contribution is -2.28. The molecule has 19 heavy (non-hydrogen) atoms. The molecule has 0 radical (unpaired) electrons. The van der Waals surface area contributed by atoms with Gasteiger partial charge in [-0.2, -0.15) is 0 Å². The van der Waals surface area contributed by atoms with Gasteiger partial charge in [0, 0.05) is 0 Å². The van der Waals surface area contributed by atoms with E-state index >= 15 is 0 Å². The van der Waals surface area contributed by atoms with Crippen LogP contribution in [0, 0.1) is 34.6 Å². The fraction of sp³-hybridized carbons (Fsp3) is 0.625. The number of rotatable bonds is 4. The molecule has 0 spiro atoms. The Morgan fingerprint density at radius 2 is 1.26 bits per heavy atom. The Morgan fingerprint density at radius 3 is 1.63 bits per heavy atom. The molecule has 0 fully saturated rings. The molecule has 2 atom stereocenters. The molecule has 0 unspecified atom stereocenters. The van der Waals surface area contributed by atoms with E-state index in [1.165, 1.54) is 27.8 Å². The predicted octanol–water partition coefficient (Wildman–Crippen LogP) is 3.81. The third kappa shape index (κ3) is 3.50. The maximum atomic E-state index is 10.1. The molecule has 0 aromatic heterocycles. The fourth-order valence-corrected chi connectivity index (χ4v) is 2.70. The van der Waals surface area contributed by atoms with Gasteiger partial charge in [-0.05, 0) is 74.4 Å². The molecule has 3 heteroatoms.